The van der Waals surface area contributed by atoms with E-state index in [0.717, 1.165) is 16.8 Å². The van der Waals surface area contributed by atoms with E-state index >= 15 is 0 Å². The van der Waals surface area contributed by atoms with Gasteiger partial charge in [-0.2, -0.15) is 0 Å². The van der Waals surface area contributed by atoms with Crippen molar-refractivity contribution in [3.8, 4) is 5.69 Å². The van der Waals surface area contributed by atoms with Gasteiger partial charge in [-0.05, 0) is 67.4 Å². The number of primary amides is 1. The van der Waals surface area contributed by atoms with Crippen molar-refractivity contribution in [1.29, 1.82) is 0 Å². The van der Waals surface area contributed by atoms with Crippen LogP contribution in [0, 0.1) is 13.8 Å². The standard InChI is InChI=1S/C25H22N4O3S/c1-15-6-5-9-21(16(15)2)29-24(32)19-7-3-4-8-20(19)28-25(29)33-14-22(30)27-18-12-10-17(11-13-18)23(26)31/h3-13H,14H2,1-2H3,(H2,26,31)(H,27,30). The van der Waals surface area contributed by atoms with Crippen LogP contribution < -0.4 is 16.6 Å². The Labute approximate surface area is 194 Å². The Hall–Kier alpha value is -3.91. The summed E-state index contributed by atoms with van der Waals surface area (Å²) in [6.45, 7) is 3.95. The summed E-state index contributed by atoms with van der Waals surface area (Å²) in [7, 11) is 0. The maximum Gasteiger partial charge on any atom is 0.266 e. The average molecular weight is 459 g/mol. The van der Waals surface area contributed by atoms with Crippen molar-refractivity contribution in [1.82, 2.24) is 9.55 Å². The fraction of sp³-hybridized carbons (Fsp3) is 0.120. The topological polar surface area (TPSA) is 107 Å². The number of nitrogens with one attached hydrogen (secondary N) is 1. The normalized spacial score (nSPS) is 10.8. The number of carbonyl (C=O) groups is 2. The number of thioether (sulfide) groups is 1. The third kappa shape index (κ3) is 4.65. The third-order valence-electron chi connectivity index (χ3n) is 5.35. The van der Waals surface area contributed by atoms with Crippen LogP contribution in [0.5, 0.6) is 0 Å². The number of hydrogen-bond donors (Lipinski definition) is 2. The second-order valence-electron chi connectivity index (χ2n) is 7.55. The van der Waals surface area contributed by atoms with Crippen LogP contribution in [0.2, 0.25) is 0 Å². The number of aryl methyl sites for hydroxylation is 1. The highest BCUT2D eigenvalue weighted by Crippen LogP contribution is 2.24. The minimum Gasteiger partial charge on any atom is -0.366 e. The molecule has 0 fully saturated rings. The Kier molecular flexibility index (Phi) is 6.28. The number of hydrogen-bond acceptors (Lipinski definition) is 5. The van der Waals surface area contributed by atoms with E-state index in [4.69, 9.17) is 5.73 Å². The molecule has 0 spiro atoms. The molecule has 0 saturated heterocycles. The van der Waals surface area contributed by atoms with Gasteiger partial charge in [-0.15, -0.1) is 0 Å². The van der Waals surface area contributed by atoms with Gasteiger partial charge < -0.3 is 11.1 Å². The van der Waals surface area contributed by atoms with Crippen LogP contribution in [-0.4, -0.2) is 27.1 Å². The summed E-state index contributed by atoms with van der Waals surface area (Å²) in [6, 6.07) is 19.3. The first-order valence-corrected chi connectivity index (χ1v) is 11.2. The lowest BCUT2D eigenvalue weighted by Crippen LogP contribution is -2.23. The number of benzene rings is 3. The van der Waals surface area contributed by atoms with Gasteiger partial charge in [-0.1, -0.05) is 36.0 Å². The van der Waals surface area contributed by atoms with Crippen molar-refractivity contribution in [2.24, 2.45) is 5.73 Å². The second-order valence-corrected chi connectivity index (χ2v) is 8.49. The van der Waals surface area contributed by atoms with Crippen molar-refractivity contribution in [3.05, 3.63) is 93.8 Å². The molecule has 1 aromatic heterocycles. The SMILES string of the molecule is Cc1cccc(-n2c(SCC(=O)Nc3ccc(C(N)=O)cc3)nc3ccccc3c2=O)c1C. The van der Waals surface area contributed by atoms with Crippen LogP contribution in [-0.2, 0) is 4.79 Å². The molecule has 4 rings (SSSR count). The molecule has 4 aromatic rings. The largest absolute Gasteiger partial charge is 0.366 e. The van der Waals surface area contributed by atoms with Crippen LogP contribution in [0.15, 0.2) is 76.7 Å². The van der Waals surface area contributed by atoms with Gasteiger partial charge in [-0.25, -0.2) is 4.98 Å². The molecule has 0 bridgehead atoms. The number of aromatic nitrogens is 2. The van der Waals surface area contributed by atoms with Crippen LogP contribution in [0.4, 0.5) is 5.69 Å². The first kappa shape index (κ1) is 22.3. The summed E-state index contributed by atoms with van der Waals surface area (Å²) >= 11 is 1.19. The molecule has 0 atom stereocenters. The smallest absolute Gasteiger partial charge is 0.266 e. The molecule has 0 aliphatic heterocycles. The number of nitrogens with zero attached hydrogens (tertiary/aromatic N) is 2. The Morgan fingerprint density at radius 3 is 2.45 bits per heavy atom. The highest BCUT2D eigenvalue weighted by molar-refractivity contribution is 7.99. The lowest BCUT2D eigenvalue weighted by Gasteiger charge is -2.16. The molecule has 166 valence electrons. The Bertz CT molecular complexity index is 1430. The fourth-order valence-electron chi connectivity index (χ4n) is 3.44. The number of carbonyl (C=O) groups excluding carboxylic acids is 2. The maximum atomic E-state index is 13.4. The lowest BCUT2D eigenvalue weighted by atomic mass is 10.1. The van der Waals surface area contributed by atoms with Crippen molar-refractivity contribution in [3.63, 3.8) is 0 Å². The second kappa shape index (κ2) is 9.30. The lowest BCUT2D eigenvalue weighted by molar-refractivity contribution is -0.113. The van der Waals surface area contributed by atoms with E-state index < -0.39 is 5.91 Å². The monoisotopic (exact) mass is 458 g/mol. The van der Waals surface area contributed by atoms with Gasteiger partial charge in [-0.3, -0.25) is 19.0 Å². The molecule has 3 aromatic carbocycles. The van der Waals surface area contributed by atoms with Crippen LogP contribution in [0.25, 0.3) is 16.6 Å². The maximum absolute atomic E-state index is 13.4. The molecule has 0 radical (unpaired) electrons. The summed E-state index contributed by atoms with van der Waals surface area (Å²) < 4.78 is 1.57. The highest BCUT2D eigenvalue weighted by Gasteiger charge is 2.16. The minimum atomic E-state index is -0.532. The third-order valence-corrected chi connectivity index (χ3v) is 6.29. The van der Waals surface area contributed by atoms with Gasteiger partial charge in [0.1, 0.15) is 0 Å². The van der Waals surface area contributed by atoms with E-state index in [-0.39, 0.29) is 17.2 Å². The van der Waals surface area contributed by atoms with Crippen LogP contribution in [0.1, 0.15) is 21.5 Å². The fourth-order valence-corrected chi connectivity index (χ4v) is 4.25. The molecule has 2 amide bonds. The predicted molar refractivity (Wildman–Crippen MR) is 131 cm³/mol. The minimum absolute atomic E-state index is 0.0488. The van der Waals surface area contributed by atoms with Crippen LogP contribution >= 0.6 is 11.8 Å². The molecule has 8 heteroatoms. The number of para-hydroxylation sites is 1. The van der Waals surface area contributed by atoms with E-state index in [2.05, 4.69) is 10.3 Å². The van der Waals surface area contributed by atoms with Crippen molar-refractivity contribution in [2.45, 2.75) is 19.0 Å². The van der Waals surface area contributed by atoms with Gasteiger partial charge in [0.25, 0.3) is 5.56 Å². The number of nitrogens with two attached hydrogens (primary N) is 1. The molecule has 33 heavy (non-hydrogen) atoms. The van der Waals surface area contributed by atoms with Gasteiger partial charge in [0.05, 0.1) is 22.3 Å². The van der Waals surface area contributed by atoms with Gasteiger partial charge >= 0.3 is 0 Å². The zero-order valence-electron chi connectivity index (χ0n) is 18.2. The first-order chi connectivity index (χ1) is 15.8. The Balaban J connectivity index is 1.65. The summed E-state index contributed by atoms with van der Waals surface area (Å²) in [5, 5.41) is 3.73. The van der Waals surface area contributed by atoms with Crippen molar-refractivity contribution < 1.29 is 9.59 Å². The average Bonchev–Trinajstić information content (AvgIpc) is 2.80. The van der Waals surface area contributed by atoms with Gasteiger partial charge in [0, 0.05) is 11.3 Å². The highest BCUT2D eigenvalue weighted by atomic mass is 32.2. The predicted octanol–water partition coefficient (Wildman–Crippen LogP) is 3.83. The summed E-state index contributed by atoms with van der Waals surface area (Å²) in [5.74, 6) is -0.746. The summed E-state index contributed by atoms with van der Waals surface area (Å²) in [6.07, 6.45) is 0. The quantitative estimate of drug-likeness (QED) is 0.337. The number of anilines is 1. The van der Waals surface area contributed by atoms with E-state index in [1.807, 2.05) is 44.2 Å². The Morgan fingerprint density at radius 1 is 1.00 bits per heavy atom. The van der Waals surface area contributed by atoms with Crippen LogP contribution in [0.3, 0.4) is 0 Å². The summed E-state index contributed by atoms with van der Waals surface area (Å²) in [4.78, 5) is 41.9. The molecule has 0 aliphatic rings. The van der Waals surface area contributed by atoms with E-state index in [1.54, 1.807) is 41.0 Å². The zero-order chi connectivity index (χ0) is 23.5. The first-order valence-electron chi connectivity index (χ1n) is 10.3. The summed E-state index contributed by atoms with van der Waals surface area (Å²) in [5.41, 5.74) is 9.31. The van der Waals surface area contributed by atoms with E-state index in [9.17, 15) is 14.4 Å². The van der Waals surface area contributed by atoms with Crippen molar-refractivity contribution >= 4 is 40.2 Å². The Morgan fingerprint density at radius 2 is 1.73 bits per heavy atom. The zero-order valence-corrected chi connectivity index (χ0v) is 19.0. The molecule has 0 aliphatic carbocycles. The molecular weight excluding hydrogens is 436 g/mol. The van der Waals surface area contributed by atoms with E-state index in [0.29, 0.717) is 27.3 Å². The number of rotatable bonds is 6. The molecule has 1 heterocycles. The van der Waals surface area contributed by atoms with E-state index in [1.165, 1.54) is 11.8 Å². The molecule has 0 unspecified atom stereocenters. The van der Waals surface area contributed by atoms with Gasteiger partial charge in [0.15, 0.2) is 5.16 Å². The number of fused-ring (bicyclic) bond motifs is 1. The molecule has 7 nitrogen and oxygen atoms in total. The molecular formula is C25H22N4O3S. The number of amides is 2. The van der Waals surface area contributed by atoms with Crippen molar-refractivity contribution in [2.75, 3.05) is 11.1 Å². The van der Waals surface area contributed by atoms with Gasteiger partial charge in [0.2, 0.25) is 11.8 Å². The molecule has 3 N–H and O–H groups in total. The molecule has 0 saturated carbocycles.